The van der Waals surface area contributed by atoms with Crippen LogP contribution in [0.1, 0.15) is 31.2 Å². The molecule has 6 nitrogen and oxygen atoms in total. The van der Waals surface area contributed by atoms with Crippen LogP contribution in [-0.4, -0.2) is 26.9 Å². The molecule has 308 valence electrons. The molecule has 0 atom stereocenters. The SMILES string of the molecule is C1#CC(N(c2ccccc2)c2cnc#cc2C2=C(N(C3=CC=C(n4c5ccccc5c5ccccc54)CC3)c3ccccc3)C=NCC2)=CC=C(n2c3ccccc3c3ccccc32)C1. The van der Waals surface area contributed by atoms with E-state index in [2.05, 4.69) is 230 Å². The van der Waals surface area contributed by atoms with Crippen molar-refractivity contribution >= 4 is 83.9 Å². The van der Waals surface area contributed by atoms with Gasteiger partial charge in [0.25, 0.3) is 0 Å². The van der Waals surface area contributed by atoms with Crippen LogP contribution < -0.4 is 9.80 Å². The maximum Gasteiger partial charge on any atom is 0.0971 e. The number of para-hydroxylation sites is 6. The molecule has 0 N–H and O–H groups in total. The van der Waals surface area contributed by atoms with Crippen LogP contribution in [0.5, 0.6) is 0 Å². The van der Waals surface area contributed by atoms with Gasteiger partial charge in [0.2, 0.25) is 0 Å². The van der Waals surface area contributed by atoms with Gasteiger partial charge in [0.1, 0.15) is 0 Å². The molecule has 0 saturated heterocycles. The van der Waals surface area contributed by atoms with Crippen LogP contribution in [0.15, 0.2) is 210 Å². The lowest BCUT2D eigenvalue weighted by molar-refractivity contribution is 0.879. The van der Waals surface area contributed by atoms with Gasteiger partial charge in [-0.15, -0.1) is 0 Å². The van der Waals surface area contributed by atoms with Crippen molar-refractivity contribution in [3.05, 3.63) is 223 Å². The number of hydrogen-bond acceptors (Lipinski definition) is 4. The highest BCUT2D eigenvalue weighted by atomic mass is 15.2. The lowest BCUT2D eigenvalue weighted by Gasteiger charge is -2.34. The minimum atomic E-state index is 0.588. The molecule has 9 aromatic rings. The third kappa shape index (κ3) is 6.63. The third-order valence-corrected chi connectivity index (χ3v) is 12.8. The van der Waals surface area contributed by atoms with Crippen LogP contribution in [0.3, 0.4) is 0 Å². The number of nitrogens with zero attached hydrogens (tertiary/aromatic N) is 6. The largest absolute Gasteiger partial charge is 0.313 e. The van der Waals surface area contributed by atoms with E-state index in [1.807, 2.05) is 12.3 Å². The van der Waals surface area contributed by atoms with Crippen LogP contribution in [0, 0.1) is 24.1 Å². The lowest BCUT2D eigenvalue weighted by atomic mass is 9.96. The number of allylic oxidation sites excluding steroid dienone is 9. The Balaban J connectivity index is 0.993. The monoisotopic (exact) mass is 834 g/mol. The molecule has 4 heterocycles. The highest BCUT2D eigenvalue weighted by Gasteiger charge is 2.28. The second-order valence-electron chi connectivity index (χ2n) is 16.5. The Kier molecular flexibility index (Phi) is 9.55. The van der Waals surface area contributed by atoms with Crippen molar-refractivity contribution in [3.63, 3.8) is 0 Å². The normalized spacial score (nSPS) is 14.9. The van der Waals surface area contributed by atoms with E-state index >= 15 is 0 Å². The fourth-order valence-corrected chi connectivity index (χ4v) is 9.95. The van der Waals surface area contributed by atoms with Crippen LogP contribution in [0.2, 0.25) is 0 Å². The Morgan fingerprint density at radius 2 is 1.05 bits per heavy atom. The molecular weight excluding hydrogens is 793 g/mol. The van der Waals surface area contributed by atoms with Gasteiger partial charge in [0, 0.05) is 69.0 Å². The van der Waals surface area contributed by atoms with E-state index in [-0.39, 0.29) is 0 Å². The summed E-state index contributed by atoms with van der Waals surface area (Å²) in [5.74, 6) is 7.16. The summed E-state index contributed by atoms with van der Waals surface area (Å²) < 4.78 is 4.80. The van der Waals surface area contributed by atoms with E-state index in [1.165, 1.54) is 55.0 Å². The van der Waals surface area contributed by atoms with E-state index in [4.69, 9.17) is 4.99 Å². The standard InChI is InChI=1S/C59H42N6/c1-3-16-42(17-4-1)62(44-20-15-21-45(31-30-44)64-54-26-11-7-22-48(54)49-23-8-12-27-55(49)64)58-40-60-38-36-52(58)53-37-39-61-41-59(53)63(43-18-5-2-6-19-43)46-32-34-47(35-33-46)65-56-28-13-9-24-50(56)51-25-10-14-29-57(51)65/h1-14,16-19,22-32,34,40-41H,21,33,35,37,39H2. The van der Waals surface area contributed by atoms with Crippen molar-refractivity contribution < 1.29 is 0 Å². The molecule has 3 aromatic heterocycles. The smallest absolute Gasteiger partial charge is 0.0971 e. The number of aromatic nitrogens is 3. The molecule has 3 aliphatic rings. The molecule has 2 aliphatic carbocycles. The second kappa shape index (κ2) is 16.3. The molecule has 0 unspecified atom stereocenters. The molecule has 1 aliphatic heterocycles. The highest BCUT2D eigenvalue weighted by Crippen LogP contribution is 2.42. The minimum Gasteiger partial charge on any atom is -0.313 e. The van der Waals surface area contributed by atoms with Crippen LogP contribution in [-0.2, 0) is 0 Å². The molecule has 0 fully saturated rings. The first-order valence-corrected chi connectivity index (χ1v) is 22.3. The molecule has 0 radical (unpaired) electrons. The van der Waals surface area contributed by atoms with Crippen molar-refractivity contribution in [2.45, 2.75) is 25.7 Å². The summed E-state index contributed by atoms with van der Waals surface area (Å²) in [6.07, 6.45) is 19.1. The maximum absolute atomic E-state index is 4.94. The minimum absolute atomic E-state index is 0.588. The number of fused-ring (bicyclic) bond motifs is 6. The van der Waals surface area contributed by atoms with E-state index in [1.54, 1.807) is 0 Å². The Morgan fingerprint density at radius 1 is 0.508 bits per heavy atom. The maximum atomic E-state index is 4.94. The van der Waals surface area contributed by atoms with Gasteiger partial charge in [0.15, 0.2) is 0 Å². The predicted octanol–water partition coefficient (Wildman–Crippen LogP) is 13.8. The van der Waals surface area contributed by atoms with Gasteiger partial charge in [-0.25, -0.2) is 4.98 Å². The van der Waals surface area contributed by atoms with Crippen LogP contribution >= 0.6 is 0 Å². The number of anilines is 3. The molecule has 0 spiro atoms. The topological polar surface area (TPSA) is 41.6 Å². The van der Waals surface area contributed by atoms with Crippen molar-refractivity contribution in [3.8, 4) is 11.8 Å². The van der Waals surface area contributed by atoms with Crippen molar-refractivity contribution in [1.29, 1.82) is 0 Å². The first-order valence-electron chi connectivity index (χ1n) is 22.3. The van der Waals surface area contributed by atoms with E-state index in [9.17, 15) is 0 Å². The summed E-state index contributed by atoms with van der Waals surface area (Å²) in [5.41, 5.74) is 15.2. The quantitative estimate of drug-likeness (QED) is 0.136. The number of aliphatic imine (C=N–C) groups is 1. The van der Waals surface area contributed by atoms with Crippen molar-refractivity contribution in [2.75, 3.05) is 16.3 Å². The molecule has 0 amide bonds. The first-order chi connectivity index (χ1) is 32.3. The number of rotatable bonds is 9. The fourth-order valence-electron chi connectivity index (χ4n) is 9.95. The summed E-state index contributed by atoms with van der Waals surface area (Å²) in [6, 6.07) is 59.4. The summed E-state index contributed by atoms with van der Waals surface area (Å²) in [4.78, 5) is 14.2. The number of dihydropyridines is 1. The Morgan fingerprint density at radius 3 is 1.63 bits per heavy atom. The average Bonchev–Trinajstić information content (AvgIpc) is 3.78. The van der Waals surface area contributed by atoms with Gasteiger partial charge in [-0.2, -0.15) is 0 Å². The van der Waals surface area contributed by atoms with Gasteiger partial charge < -0.3 is 18.9 Å². The third-order valence-electron chi connectivity index (χ3n) is 12.8. The Labute approximate surface area is 378 Å². The zero-order chi connectivity index (χ0) is 43.1. The van der Waals surface area contributed by atoms with Crippen LogP contribution in [0.4, 0.5) is 17.1 Å². The van der Waals surface area contributed by atoms with Crippen molar-refractivity contribution in [2.24, 2.45) is 4.99 Å². The highest BCUT2D eigenvalue weighted by molar-refractivity contribution is 6.11. The summed E-state index contributed by atoms with van der Waals surface area (Å²) >= 11 is 0. The van der Waals surface area contributed by atoms with Gasteiger partial charge in [-0.3, -0.25) is 4.99 Å². The Hall–Kier alpha value is -8.58. The first kappa shape index (κ1) is 38.1. The van der Waals surface area contributed by atoms with Gasteiger partial charge in [-0.1, -0.05) is 115 Å². The molecule has 12 rings (SSSR count). The molecule has 65 heavy (non-hydrogen) atoms. The molecule has 0 bridgehead atoms. The van der Waals surface area contributed by atoms with E-state index in [0.717, 1.165) is 64.6 Å². The number of benzene rings is 6. The molecule has 6 heteroatoms. The lowest BCUT2D eigenvalue weighted by Crippen LogP contribution is -2.27. The van der Waals surface area contributed by atoms with Gasteiger partial charge in [0.05, 0.1) is 57.3 Å². The van der Waals surface area contributed by atoms with Crippen LogP contribution in [0.25, 0.3) is 60.6 Å². The predicted molar refractivity (Wildman–Crippen MR) is 270 cm³/mol. The Bertz CT molecular complexity index is 3480. The van der Waals surface area contributed by atoms with E-state index < -0.39 is 0 Å². The summed E-state index contributed by atoms with van der Waals surface area (Å²) in [7, 11) is 0. The second-order valence-corrected chi connectivity index (χ2v) is 16.5. The molecule has 0 saturated carbocycles. The zero-order valence-electron chi connectivity index (χ0n) is 35.7. The zero-order valence-corrected chi connectivity index (χ0v) is 35.7. The average molecular weight is 835 g/mol. The van der Waals surface area contributed by atoms with Gasteiger partial charge >= 0.3 is 0 Å². The van der Waals surface area contributed by atoms with Gasteiger partial charge in [-0.05, 0) is 110 Å². The summed E-state index contributed by atoms with van der Waals surface area (Å²) in [5, 5.41) is 5.01. The molecule has 6 aromatic carbocycles. The van der Waals surface area contributed by atoms with E-state index in [0.29, 0.717) is 13.0 Å². The summed E-state index contributed by atoms with van der Waals surface area (Å²) in [6.45, 7) is 0.659. The molecular formula is C59H42N6. The number of hydrogen-bond donors (Lipinski definition) is 0. The fraction of sp³-hybridized carbons (Fsp3) is 0.0847. The van der Waals surface area contributed by atoms with Crippen molar-refractivity contribution in [1.82, 2.24) is 14.1 Å².